The summed E-state index contributed by atoms with van der Waals surface area (Å²) in [4.78, 5) is 0. The zero-order valence-corrected chi connectivity index (χ0v) is 7.06. The second-order valence-corrected chi connectivity index (χ2v) is 2.82. The van der Waals surface area contributed by atoms with E-state index < -0.39 is 0 Å². The second-order valence-electron chi connectivity index (χ2n) is 2.82. The fourth-order valence-electron chi connectivity index (χ4n) is 1.23. The van der Waals surface area contributed by atoms with Crippen LogP contribution in [0.15, 0.2) is 36.1 Å². The van der Waals surface area contributed by atoms with Crippen LogP contribution in [0.4, 0.5) is 0 Å². The Labute approximate surface area is 68.5 Å². The monoisotopic (exact) mass is 149 g/mol. The average Bonchev–Trinajstić information content (AvgIpc) is 2.03. The van der Waals surface area contributed by atoms with Crippen molar-refractivity contribution in [1.82, 2.24) is 5.32 Å². The molecule has 0 fully saturated rings. The molecule has 0 atom stereocenters. The van der Waals surface area contributed by atoms with Crippen molar-refractivity contribution in [3.63, 3.8) is 0 Å². The van der Waals surface area contributed by atoms with E-state index in [9.17, 15) is 0 Å². The van der Waals surface area contributed by atoms with Crippen LogP contribution in [0.25, 0.3) is 0 Å². The molecule has 0 aromatic rings. The molecule has 11 heavy (non-hydrogen) atoms. The number of hydrogen-bond acceptors (Lipinski definition) is 1. The molecule has 0 saturated heterocycles. The standard InChI is InChI=1S/C10H15N/c1-3-4-7-10-9(2)6-5-8-11-10/h3-4,7,11H,1,5-6,8H2,2H3/b7-4-. The van der Waals surface area contributed by atoms with E-state index in [1.165, 1.54) is 24.1 Å². The lowest BCUT2D eigenvalue weighted by molar-refractivity contribution is 0.675. The summed E-state index contributed by atoms with van der Waals surface area (Å²) >= 11 is 0. The molecule has 1 heterocycles. The largest absolute Gasteiger partial charge is 0.385 e. The van der Waals surface area contributed by atoms with Crippen molar-refractivity contribution in [2.24, 2.45) is 0 Å². The Balaban J connectivity index is 2.66. The van der Waals surface area contributed by atoms with Crippen LogP contribution in [-0.4, -0.2) is 6.54 Å². The molecule has 0 aromatic carbocycles. The molecule has 0 spiro atoms. The first kappa shape index (κ1) is 8.12. The molecule has 0 saturated carbocycles. The molecular formula is C10H15N. The molecule has 1 aliphatic heterocycles. The van der Waals surface area contributed by atoms with Gasteiger partial charge in [0, 0.05) is 12.2 Å². The van der Waals surface area contributed by atoms with Crippen molar-refractivity contribution < 1.29 is 0 Å². The lowest BCUT2D eigenvalue weighted by Crippen LogP contribution is -2.19. The minimum atomic E-state index is 1.11. The van der Waals surface area contributed by atoms with Crippen molar-refractivity contribution in [2.75, 3.05) is 6.54 Å². The highest BCUT2D eigenvalue weighted by molar-refractivity contribution is 5.26. The first-order chi connectivity index (χ1) is 5.34. The minimum Gasteiger partial charge on any atom is -0.385 e. The molecule has 0 radical (unpaired) electrons. The first-order valence-corrected chi connectivity index (χ1v) is 4.07. The highest BCUT2D eigenvalue weighted by Crippen LogP contribution is 2.13. The third-order valence-corrected chi connectivity index (χ3v) is 1.90. The molecule has 1 N–H and O–H groups in total. The number of rotatable bonds is 2. The lowest BCUT2D eigenvalue weighted by atomic mass is 10.1. The van der Waals surface area contributed by atoms with E-state index in [2.05, 4.69) is 24.9 Å². The van der Waals surface area contributed by atoms with Gasteiger partial charge in [-0.15, -0.1) is 0 Å². The first-order valence-electron chi connectivity index (χ1n) is 4.07. The van der Waals surface area contributed by atoms with Crippen LogP contribution >= 0.6 is 0 Å². The van der Waals surface area contributed by atoms with Crippen molar-refractivity contribution >= 4 is 0 Å². The van der Waals surface area contributed by atoms with E-state index in [0.717, 1.165) is 6.54 Å². The van der Waals surface area contributed by atoms with Crippen LogP contribution in [0.2, 0.25) is 0 Å². The van der Waals surface area contributed by atoms with E-state index in [4.69, 9.17) is 0 Å². The van der Waals surface area contributed by atoms with Crippen LogP contribution in [0, 0.1) is 0 Å². The Hall–Kier alpha value is -0.980. The molecule has 0 bridgehead atoms. The van der Waals surface area contributed by atoms with Crippen LogP contribution in [0.5, 0.6) is 0 Å². The summed E-state index contributed by atoms with van der Waals surface area (Å²) in [5.74, 6) is 0. The number of nitrogens with one attached hydrogen (secondary N) is 1. The molecule has 0 aromatic heterocycles. The topological polar surface area (TPSA) is 12.0 Å². The maximum absolute atomic E-state index is 3.63. The quantitative estimate of drug-likeness (QED) is 0.594. The summed E-state index contributed by atoms with van der Waals surface area (Å²) < 4.78 is 0. The van der Waals surface area contributed by atoms with Gasteiger partial charge in [0.25, 0.3) is 0 Å². The normalized spacial score (nSPS) is 18.6. The van der Waals surface area contributed by atoms with Gasteiger partial charge in [0.05, 0.1) is 0 Å². The molecule has 1 heteroatoms. The summed E-state index contributed by atoms with van der Waals surface area (Å²) in [6.07, 6.45) is 8.34. The molecule has 1 rings (SSSR count). The van der Waals surface area contributed by atoms with E-state index in [1.807, 2.05) is 6.08 Å². The summed E-state index contributed by atoms with van der Waals surface area (Å²) in [6.45, 7) is 6.91. The Kier molecular flexibility index (Phi) is 2.96. The molecular weight excluding hydrogens is 134 g/mol. The number of allylic oxidation sites excluding steroid dienone is 4. The van der Waals surface area contributed by atoms with Crippen LogP contribution in [0.3, 0.4) is 0 Å². The summed E-state index contributed by atoms with van der Waals surface area (Å²) in [6, 6.07) is 0. The van der Waals surface area contributed by atoms with Crippen molar-refractivity contribution in [1.29, 1.82) is 0 Å². The predicted molar refractivity (Wildman–Crippen MR) is 49.3 cm³/mol. The van der Waals surface area contributed by atoms with Gasteiger partial charge in [0.2, 0.25) is 0 Å². The van der Waals surface area contributed by atoms with Gasteiger partial charge < -0.3 is 5.32 Å². The maximum Gasteiger partial charge on any atom is 0.0329 e. The highest BCUT2D eigenvalue weighted by atomic mass is 14.9. The Bertz CT molecular complexity index is 199. The summed E-state index contributed by atoms with van der Waals surface area (Å²) in [5.41, 5.74) is 2.73. The van der Waals surface area contributed by atoms with Gasteiger partial charge in [-0.2, -0.15) is 0 Å². The highest BCUT2D eigenvalue weighted by Gasteiger charge is 2.03. The predicted octanol–water partition coefficient (Wildman–Crippen LogP) is 2.39. The fraction of sp³-hybridized carbons (Fsp3) is 0.400. The van der Waals surface area contributed by atoms with Gasteiger partial charge in [0.1, 0.15) is 0 Å². The van der Waals surface area contributed by atoms with E-state index in [0.29, 0.717) is 0 Å². The van der Waals surface area contributed by atoms with Gasteiger partial charge >= 0.3 is 0 Å². The number of hydrogen-bond donors (Lipinski definition) is 1. The zero-order chi connectivity index (χ0) is 8.10. The summed E-state index contributed by atoms with van der Waals surface area (Å²) in [7, 11) is 0. The van der Waals surface area contributed by atoms with Gasteiger partial charge in [0.15, 0.2) is 0 Å². The third-order valence-electron chi connectivity index (χ3n) is 1.90. The lowest BCUT2D eigenvalue weighted by Gasteiger charge is -2.16. The Morgan fingerprint density at radius 3 is 3.00 bits per heavy atom. The van der Waals surface area contributed by atoms with Crippen LogP contribution < -0.4 is 5.32 Å². The van der Waals surface area contributed by atoms with Gasteiger partial charge in [-0.05, 0) is 25.8 Å². The van der Waals surface area contributed by atoms with Crippen molar-refractivity contribution in [3.05, 3.63) is 36.1 Å². The fourth-order valence-corrected chi connectivity index (χ4v) is 1.23. The minimum absolute atomic E-state index is 1.11. The maximum atomic E-state index is 3.63. The van der Waals surface area contributed by atoms with Gasteiger partial charge in [-0.1, -0.05) is 24.3 Å². The Morgan fingerprint density at radius 2 is 2.36 bits per heavy atom. The zero-order valence-electron chi connectivity index (χ0n) is 7.06. The third kappa shape index (κ3) is 2.26. The second kappa shape index (κ2) is 4.02. The van der Waals surface area contributed by atoms with Crippen molar-refractivity contribution in [2.45, 2.75) is 19.8 Å². The molecule has 60 valence electrons. The summed E-state index contributed by atoms with van der Waals surface area (Å²) in [5, 5.41) is 3.35. The van der Waals surface area contributed by atoms with E-state index >= 15 is 0 Å². The Morgan fingerprint density at radius 1 is 1.55 bits per heavy atom. The molecule has 0 aliphatic carbocycles. The van der Waals surface area contributed by atoms with Crippen LogP contribution in [0.1, 0.15) is 19.8 Å². The van der Waals surface area contributed by atoms with Crippen LogP contribution in [-0.2, 0) is 0 Å². The van der Waals surface area contributed by atoms with E-state index in [1.54, 1.807) is 6.08 Å². The molecule has 1 nitrogen and oxygen atoms in total. The van der Waals surface area contributed by atoms with Gasteiger partial charge in [-0.3, -0.25) is 0 Å². The molecule has 1 aliphatic rings. The van der Waals surface area contributed by atoms with Crippen molar-refractivity contribution in [3.8, 4) is 0 Å². The van der Waals surface area contributed by atoms with Gasteiger partial charge in [-0.25, -0.2) is 0 Å². The molecule has 0 unspecified atom stereocenters. The average molecular weight is 149 g/mol. The SMILES string of the molecule is C=C/C=C\C1=C(C)CCCN1. The molecule has 0 amide bonds. The van der Waals surface area contributed by atoms with E-state index in [-0.39, 0.29) is 0 Å². The smallest absolute Gasteiger partial charge is 0.0329 e.